The van der Waals surface area contributed by atoms with E-state index in [-0.39, 0.29) is 17.6 Å². The number of nitrogens with zero attached hydrogens (tertiary/aromatic N) is 1. The minimum Gasteiger partial charge on any atom is -0.478 e. The van der Waals surface area contributed by atoms with E-state index in [0.29, 0.717) is 12.2 Å². The molecule has 1 aromatic rings. The quantitative estimate of drug-likeness (QED) is 0.757. The van der Waals surface area contributed by atoms with E-state index >= 15 is 0 Å². The highest BCUT2D eigenvalue weighted by Crippen LogP contribution is 2.26. The van der Waals surface area contributed by atoms with Gasteiger partial charge in [-0.15, -0.1) is 0 Å². The second kappa shape index (κ2) is 5.35. The zero-order chi connectivity index (χ0) is 13.1. The van der Waals surface area contributed by atoms with Crippen molar-refractivity contribution in [2.75, 3.05) is 11.9 Å². The maximum absolute atomic E-state index is 11.1. The number of aliphatic hydroxyl groups excluding tert-OH is 1. The Bertz CT molecular complexity index is 448. The van der Waals surface area contributed by atoms with Crippen LogP contribution in [0.5, 0.6) is 0 Å². The van der Waals surface area contributed by atoms with Crippen molar-refractivity contribution in [1.29, 1.82) is 0 Å². The Morgan fingerprint density at radius 2 is 2.33 bits per heavy atom. The first-order valence-electron chi connectivity index (χ1n) is 6.20. The fraction of sp³-hybridized carbons (Fsp3) is 0.538. The Kier molecular flexibility index (Phi) is 3.81. The number of hydrogen-bond acceptors (Lipinski definition) is 4. The number of aromatic nitrogens is 1. The molecule has 2 rings (SSSR count). The van der Waals surface area contributed by atoms with E-state index in [9.17, 15) is 9.90 Å². The zero-order valence-electron chi connectivity index (χ0n) is 10.4. The zero-order valence-corrected chi connectivity index (χ0v) is 10.4. The van der Waals surface area contributed by atoms with Crippen LogP contribution in [0.4, 0.5) is 5.69 Å². The fourth-order valence-electron chi connectivity index (χ4n) is 2.37. The summed E-state index contributed by atoms with van der Waals surface area (Å²) in [4.78, 5) is 15.0. The summed E-state index contributed by atoms with van der Waals surface area (Å²) in [5.41, 5.74) is 1.52. The Balaban J connectivity index is 2.08. The molecule has 98 valence electrons. The normalized spacial score (nSPS) is 23.0. The molecule has 0 aliphatic heterocycles. The molecule has 0 saturated heterocycles. The molecule has 0 amide bonds. The van der Waals surface area contributed by atoms with Gasteiger partial charge in [-0.25, -0.2) is 4.79 Å². The Morgan fingerprint density at radius 3 is 2.94 bits per heavy atom. The number of rotatable bonds is 4. The van der Waals surface area contributed by atoms with E-state index in [2.05, 4.69) is 10.3 Å². The molecule has 2 unspecified atom stereocenters. The number of nitrogens with one attached hydrogen (secondary N) is 1. The van der Waals surface area contributed by atoms with Crippen LogP contribution in [0.15, 0.2) is 12.3 Å². The molecule has 2 atom stereocenters. The highest BCUT2D eigenvalue weighted by Gasteiger charge is 2.25. The molecule has 1 fully saturated rings. The van der Waals surface area contributed by atoms with Gasteiger partial charge < -0.3 is 15.5 Å². The summed E-state index contributed by atoms with van der Waals surface area (Å²) in [6.07, 6.45) is 3.96. The summed E-state index contributed by atoms with van der Waals surface area (Å²) in [5.74, 6) is -0.780. The maximum Gasteiger partial charge on any atom is 0.339 e. The number of aromatic carboxylic acids is 1. The van der Waals surface area contributed by atoms with Gasteiger partial charge in [-0.05, 0) is 25.8 Å². The van der Waals surface area contributed by atoms with E-state index in [1.165, 1.54) is 6.20 Å². The molecule has 1 aromatic heterocycles. The summed E-state index contributed by atoms with van der Waals surface area (Å²) >= 11 is 0. The largest absolute Gasteiger partial charge is 0.478 e. The minimum absolute atomic E-state index is 0.174. The van der Waals surface area contributed by atoms with E-state index in [1.807, 2.05) is 6.92 Å². The molecule has 0 bridgehead atoms. The molecule has 1 heterocycles. The summed E-state index contributed by atoms with van der Waals surface area (Å²) in [7, 11) is 0. The van der Waals surface area contributed by atoms with E-state index in [1.54, 1.807) is 6.07 Å². The molecule has 1 saturated carbocycles. The van der Waals surface area contributed by atoms with Crippen LogP contribution in [0.25, 0.3) is 0 Å². The lowest BCUT2D eigenvalue weighted by Crippen LogP contribution is -2.22. The molecular weight excluding hydrogens is 232 g/mol. The number of carboxylic acids is 1. The highest BCUT2D eigenvalue weighted by molar-refractivity contribution is 5.93. The maximum atomic E-state index is 11.1. The van der Waals surface area contributed by atoms with Crippen LogP contribution in [0.3, 0.4) is 0 Å². The molecule has 5 nitrogen and oxygen atoms in total. The van der Waals surface area contributed by atoms with Crippen LogP contribution in [0.1, 0.15) is 35.3 Å². The minimum atomic E-state index is -0.989. The molecule has 1 aliphatic rings. The third kappa shape index (κ3) is 2.79. The van der Waals surface area contributed by atoms with Crippen molar-refractivity contribution in [2.24, 2.45) is 5.92 Å². The lowest BCUT2D eigenvalue weighted by molar-refractivity contribution is 0.0697. The van der Waals surface area contributed by atoms with Crippen LogP contribution in [0.2, 0.25) is 0 Å². The molecule has 0 spiro atoms. The summed E-state index contributed by atoms with van der Waals surface area (Å²) < 4.78 is 0. The van der Waals surface area contributed by atoms with Gasteiger partial charge in [0.1, 0.15) is 5.56 Å². The molecule has 1 aliphatic carbocycles. The third-order valence-corrected chi connectivity index (χ3v) is 3.44. The van der Waals surface area contributed by atoms with Gasteiger partial charge in [0.25, 0.3) is 0 Å². The van der Waals surface area contributed by atoms with Crippen molar-refractivity contribution in [3.05, 3.63) is 23.5 Å². The average molecular weight is 250 g/mol. The summed E-state index contributed by atoms with van der Waals surface area (Å²) in [5, 5.41) is 21.9. The topological polar surface area (TPSA) is 82.5 Å². The van der Waals surface area contributed by atoms with Gasteiger partial charge in [-0.2, -0.15) is 0 Å². The van der Waals surface area contributed by atoms with Crippen LogP contribution < -0.4 is 5.32 Å². The van der Waals surface area contributed by atoms with Crippen LogP contribution in [-0.4, -0.2) is 33.8 Å². The molecule has 3 N–H and O–H groups in total. The summed E-state index contributed by atoms with van der Waals surface area (Å²) in [6, 6.07) is 1.73. The SMILES string of the molecule is Cc1cc(NCC2CCCC2O)c(C(=O)O)cn1. The van der Waals surface area contributed by atoms with Gasteiger partial charge in [0.05, 0.1) is 11.8 Å². The van der Waals surface area contributed by atoms with Gasteiger partial charge in [0.2, 0.25) is 0 Å². The monoisotopic (exact) mass is 250 g/mol. The van der Waals surface area contributed by atoms with Crippen molar-refractivity contribution >= 4 is 11.7 Å². The Labute approximate surface area is 106 Å². The number of anilines is 1. The van der Waals surface area contributed by atoms with Crippen LogP contribution in [0, 0.1) is 12.8 Å². The number of aryl methyl sites for hydroxylation is 1. The number of carboxylic acid groups (broad SMARTS) is 1. The first-order valence-corrected chi connectivity index (χ1v) is 6.20. The number of aliphatic hydroxyl groups is 1. The number of pyridine rings is 1. The molecular formula is C13H18N2O3. The standard InChI is InChI=1S/C13H18N2O3/c1-8-5-11(10(7-14-8)13(17)18)15-6-9-3-2-4-12(9)16/h5,7,9,12,16H,2-4,6H2,1H3,(H,14,15)(H,17,18). The predicted octanol–water partition coefficient (Wildman–Crippen LogP) is 1.66. The van der Waals surface area contributed by atoms with Crippen molar-refractivity contribution < 1.29 is 15.0 Å². The second-order valence-corrected chi connectivity index (χ2v) is 4.82. The van der Waals surface area contributed by atoms with Crippen molar-refractivity contribution in [3.8, 4) is 0 Å². The second-order valence-electron chi connectivity index (χ2n) is 4.82. The van der Waals surface area contributed by atoms with E-state index < -0.39 is 5.97 Å². The van der Waals surface area contributed by atoms with Gasteiger partial charge in [0, 0.05) is 24.4 Å². The van der Waals surface area contributed by atoms with Crippen molar-refractivity contribution in [2.45, 2.75) is 32.3 Å². The van der Waals surface area contributed by atoms with E-state index in [0.717, 1.165) is 25.0 Å². The van der Waals surface area contributed by atoms with Crippen LogP contribution in [-0.2, 0) is 0 Å². The lowest BCUT2D eigenvalue weighted by atomic mass is 10.1. The molecule has 0 radical (unpaired) electrons. The fourth-order valence-corrected chi connectivity index (χ4v) is 2.37. The van der Waals surface area contributed by atoms with Crippen molar-refractivity contribution in [1.82, 2.24) is 4.98 Å². The van der Waals surface area contributed by atoms with Gasteiger partial charge in [-0.3, -0.25) is 4.98 Å². The molecule has 5 heteroatoms. The smallest absolute Gasteiger partial charge is 0.339 e. The molecule has 0 aromatic carbocycles. The lowest BCUT2D eigenvalue weighted by Gasteiger charge is -2.17. The van der Waals surface area contributed by atoms with Gasteiger partial charge in [0.15, 0.2) is 0 Å². The first-order chi connectivity index (χ1) is 8.58. The first kappa shape index (κ1) is 12.8. The molecule has 18 heavy (non-hydrogen) atoms. The third-order valence-electron chi connectivity index (χ3n) is 3.44. The van der Waals surface area contributed by atoms with Gasteiger partial charge in [-0.1, -0.05) is 6.42 Å². The Hall–Kier alpha value is -1.62. The predicted molar refractivity (Wildman–Crippen MR) is 67.8 cm³/mol. The van der Waals surface area contributed by atoms with Crippen molar-refractivity contribution in [3.63, 3.8) is 0 Å². The average Bonchev–Trinajstić information content (AvgIpc) is 2.72. The Morgan fingerprint density at radius 1 is 1.56 bits per heavy atom. The van der Waals surface area contributed by atoms with Gasteiger partial charge >= 0.3 is 5.97 Å². The van der Waals surface area contributed by atoms with E-state index in [4.69, 9.17) is 5.11 Å². The number of hydrogen-bond donors (Lipinski definition) is 3. The van der Waals surface area contributed by atoms with Crippen LogP contribution >= 0.6 is 0 Å². The highest BCUT2D eigenvalue weighted by atomic mass is 16.4. The number of carbonyl (C=O) groups is 1. The summed E-state index contributed by atoms with van der Waals surface area (Å²) in [6.45, 7) is 2.42.